The van der Waals surface area contributed by atoms with Gasteiger partial charge in [-0.3, -0.25) is 14.7 Å². The molecule has 1 aliphatic rings. The minimum atomic E-state index is -0.383. The number of carbonyl (C=O) groups excluding carboxylic acids is 1. The Morgan fingerprint density at radius 2 is 1.73 bits per heavy atom. The van der Waals surface area contributed by atoms with E-state index in [-0.39, 0.29) is 11.1 Å². The molecule has 206 valence electrons. The van der Waals surface area contributed by atoms with Crippen LogP contribution in [-0.2, 0) is 4.74 Å². The molecule has 1 amide bonds. The molecule has 11 heteroatoms. The number of nitrogens with zero attached hydrogens (tertiary/aromatic N) is 5. The van der Waals surface area contributed by atoms with Gasteiger partial charge in [0.05, 0.1) is 31.6 Å². The van der Waals surface area contributed by atoms with E-state index in [4.69, 9.17) is 26.4 Å². The van der Waals surface area contributed by atoms with E-state index in [1.165, 1.54) is 7.11 Å². The van der Waals surface area contributed by atoms with Crippen LogP contribution in [0.2, 0.25) is 0 Å². The minimum absolute atomic E-state index is 0.121. The fourth-order valence-corrected chi connectivity index (χ4v) is 4.47. The number of allylic oxidation sites excluding steroid dienone is 1. The van der Waals surface area contributed by atoms with Crippen LogP contribution in [0.1, 0.15) is 21.7 Å². The maximum atomic E-state index is 12.4. The molecule has 0 atom stereocenters. The quantitative estimate of drug-likeness (QED) is 0.259. The van der Waals surface area contributed by atoms with Gasteiger partial charge < -0.3 is 19.1 Å². The number of nitrogens with one attached hydrogen (secondary N) is 1. The monoisotopic (exact) mass is 566 g/mol. The number of aromatic nitrogens is 3. The molecule has 1 N–H and O–H groups in total. The summed E-state index contributed by atoms with van der Waals surface area (Å²) in [6.45, 7) is 2.52. The Bertz CT molecular complexity index is 1610. The number of benzene rings is 3. The third-order valence-corrected chi connectivity index (χ3v) is 6.45. The summed E-state index contributed by atoms with van der Waals surface area (Å²) in [5.74, 6) is 1.34. The zero-order valence-corrected chi connectivity index (χ0v) is 23.0. The lowest BCUT2D eigenvalue weighted by Gasteiger charge is -2.28. The predicted octanol–water partition coefficient (Wildman–Crippen LogP) is 4.27. The van der Waals surface area contributed by atoms with Gasteiger partial charge >= 0.3 is 0 Å². The van der Waals surface area contributed by atoms with Crippen LogP contribution in [0.25, 0.3) is 17.3 Å². The van der Waals surface area contributed by atoms with Crippen molar-refractivity contribution < 1.29 is 19.0 Å². The Morgan fingerprint density at radius 3 is 2.41 bits per heavy atom. The highest BCUT2D eigenvalue weighted by atomic mass is 32.1. The van der Waals surface area contributed by atoms with Crippen LogP contribution in [0.4, 0.5) is 5.95 Å². The number of carbonyl (C=O) groups is 1. The second-order valence-electron chi connectivity index (χ2n) is 8.88. The number of hydrogen-bond acceptors (Lipinski definition) is 9. The van der Waals surface area contributed by atoms with E-state index in [0.717, 1.165) is 5.69 Å². The van der Waals surface area contributed by atoms with Crippen molar-refractivity contribution in [3.8, 4) is 23.3 Å². The average Bonchev–Trinajstić information content (AvgIpc) is 3.47. The summed E-state index contributed by atoms with van der Waals surface area (Å²) in [5, 5.41) is 21.5. The summed E-state index contributed by atoms with van der Waals surface area (Å²) in [6.07, 6.45) is 1.70. The van der Waals surface area contributed by atoms with Crippen molar-refractivity contribution in [3.05, 3.63) is 95.8 Å². The third-order valence-electron chi connectivity index (χ3n) is 6.27. The van der Waals surface area contributed by atoms with Gasteiger partial charge in [0.25, 0.3) is 11.1 Å². The second kappa shape index (κ2) is 12.9. The molecule has 1 aromatic heterocycles. The van der Waals surface area contributed by atoms with Gasteiger partial charge in [-0.25, -0.2) is 0 Å². The fourth-order valence-electron chi connectivity index (χ4n) is 4.28. The van der Waals surface area contributed by atoms with E-state index in [2.05, 4.69) is 26.5 Å². The average molecular weight is 567 g/mol. The zero-order valence-electron chi connectivity index (χ0n) is 22.2. The van der Waals surface area contributed by atoms with E-state index in [1.807, 2.05) is 41.0 Å². The van der Waals surface area contributed by atoms with E-state index in [9.17, 15) is 10.1 Å². The summed E-state index contributed by atoms with van der Waals surface area (Å²) in [5.41, 5.74) is 2.26. The van der Waals surface area contributed by atoms with Gasteiger partial charge in [0.1, 0.15) is 6.07 Å². The maximum Gasteiger partial charge on any atom is 0.269 e. The molecule has 41 heavy (non-hydrogen) atoms. The normalized spacial score (nSPS) is 13.3. The Balaban J connectivity index is 1.42. The molecular formula is C30H26N6O4S. The second-order valence-corrected chi connectivity index (χ2v) is 9.25. The topological polar surface area (TPSA) is 115 Å². The lowest BCUT2D eigenvalue weighted by Crippen LogP contribution is -2.38. The van der Waals surface area contributed by atoms with Crippen molar-refractivity contribution >= 4 is 40.9 Å². The van der Waals surface area contributed by atoms with Gasteiger partial charge in [-0.15, -0.1) is 10.2 Å². The lowest BCUT2D eigenvalue weighted by atomic mass is 10.1. The Hall–Kier alpha value is -5.05. The smallest absolute Gasteiger partial charge is 0.269 e. The van der Waals surface area contributed by atoms with E-state index < -0.39 is 0 Å². The molecule has 3 aromatic carbocycles. The molecule has 0 saturated carbocycles. The highest BCUT2D eigenvalue weighted by molar-refractivity contribution is 7.80. The molecular weight excluding hydrogens is 540 g/mol. The van der Waals surface area contributed by atoms with Crippen molar-refractivity contribution in [2.75, 3.05) is 38.3 Å². The molecule has 2 heterocycles. The van der Waals surface area contributed by atoms with Crippen LogP contribution >= 0.6 is 12.2 Å². The van der Waals surface area contributed by atoms with Crippen LogP contribution in [0, 0.1) is 11.3 Å². The van der Waals surface area contributed by atoms with E-state index in [1.54, 1.807) is 48.5 Å². The Kier molecular flexibility index (Phi) is 8.64. The van der Waals surface area contributed by atoms with E-state index in [0.29, 0.717) is 66.3 Å². The van der Waals surface area contributed by atoms with Gasteiger partial charge in [0.15, 0.2) is 17.3 Å². The van der Waals surface area contributed by atoms with Gasteiger partial charge in [-0.05, 0) is 60.3 Å². The first-order chi connectivity index (χ1) is 20.1. The first-order valence-electron chi connectivity index (χ1n) is 12.8. The Labute approximate surface area is 242 Å². The van der Waals surface area contributed by atoms with Crippen LogP contribution in [0.15, 0.2) is 78.9 Å². The van der Waals surface area contributed by atoms with Crippen molar-refractivity contribution in [1.82, 2.24) is 20.1 Å². The standard InChI is InChI=1S/C30H26N6O4S/c1-38-26-19-21(12-13-25(26)40-30(41)32-28(37)22-8-4-2-5-9-22)18-23(20-31)27-33-34-29(35-14-16-39-17-15-35)36(27)24-10-6-3-7-11-24/h2-13,18-19H,14-17H2,1H3,(H,32,37,41)/b23-18+. The summed E-state index contributed by atoms with van der Waals surface area (Å²) in [4.78, 5) is 14.5. The van der Waals surface area contributed by atoms with Gasteiger partial charge in [-0.2, -0.15) is 5.26 Å². The van der Waals surface area contributed by atoms with Crippen LogP contribution < -0.4 is 19.7 Å². The molecule has 0 spiro atoms. The SMILES string of the molecule is COc1cc(/C=C(\C#N)c2nnc(N3CCOCC3)n2-c2ccccc2)ccc1OC(=S)NC(=O)c1ccccc1. The first kappa shape index (κ1) is 27.5. The number of hydrogen-bond donors (Lipinski definition) is 1. The molecule has 1 aliphatic heterocycles. The third kappa shape index (κ3) is 6.41. The number of ether oxygens (including phenoxy) is 3. The molecule has 0 radical (unpaired) electrons. The summed E-state index contributed by atoms with van der Waals surface area (Å²) < 4.78 is 18.6. The molecule has 0 unspecified atom stereocenters. The highest BCUT2D eigenvalue weighted by Crippen LogP contribution is 2.31. The van der Waals surface area contributed by atoms with Crippen LogP contribution in [0.3, 0.4) is 0 Å². The van der Waals surface area contributed by atoms with Crippen LogP contribution in [0.5, 0.6) is 11.5 Å². The number of methoxy groups -OCH3 is 1. The number of anilines is 1. The maximum absolute atomic E-state index is 12.4. The van der Waals surface area contributed by atoms with Crippen molar-refractivity contribution in [2.45, 2.75) is 0 Å². The number of morpholine rings is 1. The molecule has 4 aromatic rings. The number of nitriles is 1. The molecule has 1 fully saturated rings. The number of thiocarbonyl (C=S) groups is 1. The lowest BCUT2D eigenvalue weighted by molar-refractivity contribution is 0.0973. The van der Waals surface area contributed by atoms with Crippen molar-refractivity contribution in [2.24, 2.45) is 0 Å². The highest BCUT2D eigenvalue weighted by Gasteiger charge is 2.23. The molecule has 5 rings (SSSR count). The predicted molar refractivity (Wildman–Crippen MR) is 158 cm³/mol. The first-order valence-corrected chi connectivity index (χ1v) is 13.2. The fraction of sp³-hybridized carbons (Fsp3) is 0.167. The summed E-state index contributed by atoms with van der Waals surface area (Å²) in [7, 11) is 1.49. The number of rotatable bonds is 7. The minimum Gasteiger partial charge on any atom is -0.493 e. The van der Waals surface area contributed by atoms with Gasteiger partial charge in [0, 0.05) is 18.7 Å². The number of para-hydroxylation sites is 1. The molecule has 10 nitrogen and oxygen atoms in total. The Morgan fingerprint density at radius 1 is 1.02 bits per heavy atom. The zero-order chi connectivity index (χ0) is 28.6. The molecule has 0 bridgehead atoms. The van der Waals surface area contributed by atoms with Gasteiger partial charge in [0.2, 0.25) is 5.95 Å². The molecule has 1 saturated heterocycles. The van der Waals surface area contributed by atoms with Gasteiger partial charge in [-0.1, -0.05) is 42.5 Å². The summed E-state index contributed by atoms with van der Waals surface area (Å²) in [6, 6.07) is 25.7. The number of amides is 1. The van der Waals surface area contributed by atoms with Crippen LogP contribution in [-0.4, -0.2) is 59.3 Å². The summed E-state index contributed by atoms with van der Waals surface area (Å²) >= 11 is 5.23. The van der Waals surface area contributed by atoms with E-state index >= 15 is 0 Å². The largest absolute Gasteiger partial charge is 0.493 e. The molecule has 0 aliphatic carbocycles. The van der Waals surface area contributed by atoms with Crippen molar-refractivity contribution in [1.29, 1.82) is 5.26 Å². The van der Waals surface area contributed by atoms with Crippen molar-refractivity contribution in [3.63, 3.8) is 0 Å².